The van der Waals surface area contributed by atoms with Gasteiger partial charge in [0.25, 0.3) is 5.91 Å². The molecule has 0 aliphatic rings. The average Bonchev–Trinajstić information content (AvgIpc) is 2.59. The van der Waals surface area contributed by atoms with E-state index in [1.807, 2.05) is 70.2 Å². The molecule has 1 amide bonds. The standard InChI is InChI=1S/C21H27NO3/c1-6-24-19-12-10-18(11-13-19)16(4)22-21(23)17(5)25-20-9-7-8-14(2)15(20)3/h7-13,16-17H,6H2,1-5H3,(H,22,23)/t16-,17-/m1/s1. The van der Waals surface area contributed by atoms with Crippen LogP contribution in [0.2, 0.25) is 0 Å². The van der Waals surface area contributed by atoms with E-state index < -0.39 is 6.10 Å². The van der Waals surface area contributed by atoms with Gasteiger partial charge in [-0.25, -0.2) is 0 Å². The highest BCUT2D eigenvalue weighted by atomic mass is 16.5. The fraction of sp³-hybridized carbons (Fsp3) is 0.381. The smallest absolute Gasteiger partial charge is 0.261 e. The first-order chi connectivity index (χ1) is 11.9. The van der Waals surface area contributed by atoms with Gasteiger partial charge in [0.1, 0.15) is 11.5 Å². The summed E-state index contributed by atoms with van der Waals surface area (Å²) in [5.74, 6) is 1.44. The van der Waals surface area contributed by atoms with Crippen molar-refractivity contribution in [1.82, 2.24) is 5.32 Å². The van der Waals surface area contributed by atoms with Crippen molar-refractivity contribution in [3.05, 3.63) is 59.2 Å². The summed E-state index contributed by atoms with van der Waals surface area (Å²) in [4.78, 5) is 12.4. The van der Waals surface area contributed by atoms with E-state index >= 15 is 0 Å². The van der Waals surface area contributed by atoms with Crippen LogP contribution in [-0.4, -0.2) is 18.6 Å². The first-order valence-electron chi connectivity index (χ1n) is 8.68. The lowest BCUT2D eigenvalue weighted by Crippen LogP contribution is -2.37. The molecule has 1 N–H and O–H groups in total. The van der Waals surface area contributed by atoms with Gasteiger partial charge >= 0.3 is 0 Å². The average molecular weight is 341 g/mol. The van der Waals surface area contributed by atoms with Gasteiger partial charge in [0, 0.05) is 0 Å². The van der Waals surface area contributed by atoms with Crippen LogP contribution >= 0.6 is 0 Å². The summed E-state index contributed by atoms with van der Waals surface area (Å²) in [6.45, 7) is 10.3. The van der Waals surface area contributed by atoms with E-state index in [0.29, 0.717) is 6.61 Å². The molecule has 25 heavy (non-hydrogen) atoms. The molecule has 0 aliphatic carbocycles. The van der Waals surface area contributed by atoms with Crippen molar-refractivity contribution in [3.8, 4) is 11.5 Å². The van der Waals surface area contributed by atoms with Gasteiger partial charge in [0.15, 0.2) is 6.10 Å². The molecule has 0 fully saturated rings. The molecule has 4 heteroatoms. The number of hydrogen-bond acceptors (Lipinski definition) is 3. The Kier molecular flexibility index (Phi) is 6.45. The molecular weight excluding hydrogens is 314 g/mol. The highest BCUT2D eigenvalue weighted by Gasteiger charge is 2.18. The number of aryl methyl sites for hydroxylation is 1. The predicted molar refractivity (Wildman–Crippen MR) is 100 cm³/mol. The zero-order valence-corrected chi connectivity index (χ0v) is 15.6. The SMILES string of the molecule is CCOc1ccc([C@@H](C)NC(=O)[C@@H](C)Oc2cccc(C)c2C)cc1. The maximum Gasteiger partial charge on any atom is 0.261 e. The number of benzene rings is 2. The van der Waals surface area contributed by atoms with Gasteiger partial charge in [-0.05, 0) is 69.5 Å². The Hall–Kier alpha value is -2.49. The lowest BCUT2D eigenvalue weighted by molar-refractivity contribution is -0.127. The highest BCUT2D eigenvalue weighted by Crippen LogP contribution is 2.22. The molecule has 0 heterocycles. The van der Waals surface area contributed by atoms with Crippen LogP contribution in [0, 0.1) is 13.8 Å². The van der Waals surface area contributed by atoms with Crippen LogP contribution in [0.3, 0.4) is 0 Å². The molecule has 2 aromatic carbocycles. The molecule has 0 aliphatic heterocycles. The second-order valence-corrected chi connectivity index (χ2v) is 6.19. The molecule has 134 valence electrons. The predicted octanol–water partition coefficient (Wildman–Crippen LogP) is 4.35. The number of nitrogens with one attached hydrogen (secondary N) is 1. The summed E-state index contributed by atoms with van der Waals surface area (Å²) in [6, 6.07) is 13.5. The fourth-order valence-corrected chi connectivity index (χ4v) is 2.53. The van der Waals surface area contributed by atoms with E-state index in [9.17, 15) is 4.79 Å². The van der Waals surface area contributed by atoms with E-state index in [0.717, 1.165) is 28.2 Å². The molecule has 0 unspecified atom stereocenters. The van der Waals surface area contributed by atoms with Crippen LogP contribution in [-0.2, 0) is 4.79 Å². The van der Waals surface area contributed by atoms with Crippen molar-refractivity contribution in [3.63, 3.8) is 0 Å². The van der Waals surface area contributed by atoms with Crippen molar-refractivity contribution in [1.29, 1.82) is 0 Å². The zero-order chi connectivity index (χ0) is 18.4. The normalized spacial score (nSPS) is 13.0. The number of ether oxygens (including phenoxy) is 2. The Morgan fingerprint density at radius 3 is 2.40 bits per heavy atom. The Balaban J connectivity index is 1.96. The largest absolute Gasteiger partial charge is 0.494 e. The van der Waals surface area contributed by atoms with Crippen molar-refractivity contribution in [2.75, 3.05) is 6.61 Å². The first-order valence-corrected chi connectivity index (χ1v) is 8.68. The van der Waals surface area contributed by atoms with Gasteiger partial charge in [0.2, 0.25) is 0 Å². The summed E-state index contributed by atoms with van der Waals surface area (Å²) < 4.78 is 11.3. The molecular formula is C21H27NO3. The maximum absolute atomic E-state index is 12.4. The summed E-state index contributed by atoms with van der Waals surface area (Å²) in [5, 5.41) is 3.00. The number of carbonyl (C=O) groups excluding carboxylic acids is 1. The zero-order valence-electron chi connectivity index (χ0n) is 15.6. The van der Waals surface area contributed by atoms with E-state index in [1.165, 1.54) is 0 Å². The quantitative estimate of drug-likeness (QED) is 0.814. The minimum atomic E-state index is -0.564. The van der Waals surface area contributed by atoms with Crippen LogP contribution in [0.1, 0.15) is 43.5 Å². The molecule has 2 aromatic rings. The highest BCUT2D eigenvalue weighted by molar-refractivity contribution is 5.81. The number of amides is 1. The summed E-state index contributed by atoms with van der Waals surface area (Å²) >= 11 is 0. The van der Waals surface area contributed by atoms with Crippen molar-refractivity contribution < 1.29 is 14.3 Å². The molecule has 0 spiro atoms. The van der Waals surface area contributed by atoms with Gasteiger partial charge < -0.3 is 14.8 Å². The molecule has 4 nitrogen and oxygen atoms in total. The van der Waals surface area contributed by atoms with Crippen LogP contribution in [0.25, 0.3) is 0 Å². The molecule has 0 saturated carbocycles. The van der Waals surface area contributed by atoms with Gasteiger partial charge in [-0.1, -0.05) is 24.3 Å². The van der Waals surface area contributed by atoms with Gasteiger partial charge in [0.05, 0.1) is 12.6 Å². The van der Waals surface area contributed by atoms with E-state index in [-0.39, 0.29) is 11.9 Å². The third-order valence-corrected chi connectivity index (χ3v) is 4.28. The van der Waals surface area contributed by atoms with Crippen molar-refractivity contribution in [2.45, 2.75) is 46.8 Å². The topological polar surface area (TPSA) is 47.6 Å². The van der Waals surface area contributed by atoms with Crippen LogP contribution < -0.4 is 14.8 Å². The minimum Gasteiger partial charge on any atom is -0.494 e. The Bertz CT molecular complexity index is 710. The second-order valence-electron chi connectivity index (χ2n) is 6.19. The summed E-state index contributed by atoms with van der Waals surface area (Å²) in [6.07, 6.45) is -0.564. The molecule has 0 saturated heterocycles. The lowest BCUT2D eigenvalue weighted by Gasteiger charge is -2.20. The third-order valence-electron chi connectivity index (χ3n) is 4.28. The number of rotatable bonds is 7. The van der Waals surface area contributed by atoms with Crippen LogP contribution in [0.4, 0.5) is 0 Å². The third kappa shape index (κ3) is 4.99. The van der Waals surface area contributed by atoms with E-state index in [4.69, 9.17) is 9.47 Å². The molecule has 2 rings (SSSR count). The van der Waals surface area contributed by atoms with Crippen LogP contribution in [0.5, 0.6) is 11.5 Å². The van der Waals surface area contributed by atoms with E-state index in [2.05, 4.69) is 5.32 Å². The molecule has 0 radical (unpaired) electrons. The molecule has 0 bridgehead atoms. The monoisotopic (exact) mass is 341 g/mol. The van der Waals surface area contributed by atoms with Crippen molar-refractivity contribution >= 4 is 5.91 Å². The number of hydrogen-bond donors (Lipinski definition) is 1. The molecule has 0 aromatic heterocycles. The number of carbonyl (C=O) groups is 1. The second kappa shape index (κ2) is 8.56. The lowest BCUT2D eigenvalue weighted by atomic mass is 10.1. The maximum atomic E-state index is 12.4. The Morgan fingerprint density at radius 1 is 1.08 bits per heavy atom. The molecule has 2 atom stereocenters. The Labute approximate surface area is 150 Å². The Morgan fingerprint density at radius 2 is 1.76 bits per heavy atom. The van der Waals surface area contributed by atoms with E-state index in [1.54, 1.807) is 6.92 Å². The van der Waals surface area contributed by atoms with Crippen LogP contribution in [0.15, 0.2) is 42.5 Å². The van der Waals surface area contributed by atoms with Gasteiger partial charge in [-0.15, -0.1) is 0 Å². The van der Waals surface area contributed by atoms with Gasteiger partial charge in [-0.3, -0.25) is 4.79 Å². The summed E-state index contributed by atoms with van der Waals surface area (Å²) in [5.41, 5.74) is 3.23. The first kappa shape index (κ1) is 18.8. The van der Waals surface area contributed by atoms with Gasteiger partial charge in [-0.2, -0.15) is 0 Å². The van der Waals surface area contributed by atoms with Crippen molar-refractivity contribution in [2.24, 2.45) is 0 Å². The summed E-state index contributed by atoms with van der Waals surface area (Å²) in [7, 11) is 0. The minimum absolute atomic E-state index is 0.104. The fourth-order valence-electron chi connectivity index (χ4n) is 2.53.